The fourth-order valence-electron chi connectivity index (χ4n) is 2.62. The second-order valence-electron chi connectivity index (χ2n) is 7.40. The highest BCUT2D eigenvalue weighted by molar-refractivity contribution is 5.36. The van der Waals surface area contributed by atoms with Gasteiger partial charge in [-0.3, -0.25) is 0 Å². The number of hydrogen-bond acceptors (Lipinski definition) is 3. The first-order chi connectivity index (χ1) is 9.85. The molecule has 1 N–H and O–H groups in total. The highest BCUT2D eigenvalue weighted by Gasteiger charge is 2.18. The van der Waals surface area contributed by atoms with Crippen LogP contribution in [0.1, 0.15) is 63.3 Å². The van der Waals surface area contributed by atoms with Gasteiger partial charge in [0.1, 0.15) is 0 Å². The van der Waals surface area contributed by atoms with Crippen molar-refractivity contribution in [3.8, 4) is 5.88 Å². The molecule has 1 aromatic heterocycles. The molecule has 0 radical (unpaired) electrons. The summed E-state index contributed by atoms with van der Waals surface area (Å²) in [7, 11) is 0. The third kappa shape index (κ3) is 4.99. The Morgan fingerprint density at radius 1 is 1.29 bits per heavy atom. The minimum absolute atomic E-state index is 0.0977. The Kier molecular flexibility index (Phi) is 5.26. The van der Waals surface area contributed by atoms with Gasteiger partial charge >= 0.3 is 0 Å². The molecule has 118 valence electrons. The van der Waals surface area contributed by atoms with Gasteiger partial charge < -0.3 is 10.1 Å². The first-order valence-corrected chi connectivity index (χ1v) is 8.20. The Morgan fingerprint density at radius 3 is 2.57 bits per heavy atom. The summed E-state index contributed by atoms with van der Waals surface area (Å²) in [6, 6.07) is 2.14. The Labute approximate surface area is 129 Å². The molecule has 0 aliphatic heterocycles. The van der Waals surface area contributed by atoms with Crippen molar-refractivity contribution in [3.63, 3.8) is 0 Å². The van der Waals surface area contributed by atoms with E-state index in [2.05, 4.69) is 44.1 Å². The van der Waals surface area contributed by atoms with Gasteiger partial charge in [0.25, 0.3) is 0 Å². The van der Waals surface area contributed by atoms with Crippen LogP contribution in [-0.2, 0) is 6.54 Å². The molecule has 1 aliphatic rings. The first kappa shape index (κ1) is 16.3. The molecule has 2 rings (SSSR count). The SMILES string of the molecule is Cc1cc(C)c(CNC(C)(C)C)c(OCCC2CCC2)n1. The van der Waals surface area contributed by atoms with Crippen LogP contribution in [0.25, 0.3) is 0 Å². The number of aromatic nitrogens is 1. The van der Waals surface area contributed by atoms with Crippen molar-refractivity contribution in [2.75, 3.05) is 6.61 Å². The van der Waals surface area contributed by atoms with E-state index in [1.54, 1.807) is 0 Å². The molecule has 0 bridgehead atoms. The van der Waals surface area contributed by atoms with Crippen LogP contribution < -0.4 is 10.1 Å². The molecule has 1 fully saturated rings. The highest BCUT2D eigenvalue weighted by Crippen LogP contribution is 2.30. The molecule has 0 aromatic carbocycles. The maximum atomic E-state index is 6.02. The van der Waals surface area contributed by atoms with E-state index in [1.165, 1.54) is 36.8 Å². The van der Waals surface area contributed by atoms with Crippen molar-refractivity contribution < 1.29 is 4.74 Å². The number of ether oxygens (including phenoxy) is 1. The number of aryl methyl sites for hydroxylation is 2. The molecule has 0 unspecified atom stereocenters. The van der Waals surface area contributed by atoms with Gasteiger partial charge in [0.05, 0.1) is 6.61 Å². The second kappa shape index (κ2) is 6.78. The minimum Gasteiger partial charge on any atom is -0.477 e. The average molecular weight is 290 g/mol. The van der Waals surface area contributed by atoms with Crippen molar-refractivity contribution in [3.05, 3.63) is 22.9 Å². The summed E-state index contributed by atoms with van der Waals surface area (Å²) < 4.78 is 6.02. The van der Waals surface area contributed by atoms with Crippen molar-refractivity contribution in [2.24, 2.45) is 5.92 Å². The average Bonchev–Trinajstić information content (AvgIpc) is 2.29. The molecular weight excluding hydrogens is 260 g/mol. The Hall–Kier alpha value is -1.09. The van der Waals surface area contributed by atoms with E-state index in [0.29, 0.717) is 0 Å². The van der Waals surface area contributed by atoms with Crippen LogP contribution in [0.2, 0.25) is 0 Å². The summed E-state index contributed by atoms with van der Waals surface area (Å²) in [6.07, 6.45) is 5.32. The molecule has 0 saturated heterocycles. The second-order valence-corrected chi connectivity index (χ2v) is 7.40. The van der Waals surface area contributed by atoms with Crippen molar-refractivity contribution in [1.82, 2.24) is 10.3 Å². The number of hydrogen-bond donors (Lipinski definition) is 1. The molecule has 0 amide bonds. The molecule has 3 heteroatoms. The predicted octanol–water partition coefficient (Wildman–Crippen LogP) is 4.16. The lowest BCUT2D eigenvalue weighted by molar-refractivity contribution is 0.215. The number of nitrogens with one attached hydrogen (secondary N) is 1. The van der Waals surface area contributed by atoms with Gasteiger partial charge in [-0.05, 0) is 58.6 Å². The van der Waals surface area contributed by atoms with Gasteiger partial charge in [0, 0.05) is 23.3 Å². The van der Waals surface area contributed by atoms with E-state index >= 15 is 0 Å². The number of pyridine rings is 1. The van der Waals surface area contributed by atoms with Crippen molar-refractivity contribution >= 4 is 0 Å². The van der Waals surface area contributed by atoms with Crippen LogP contribution in [0.3, 0.4) is 0 Å². The van der Waals surface area contributed by atoms with E-state index in [0.717, 1.165) is 30.6 Å². The van der Waals surface area contributed by atoms with Crippen LogP contribution in [0.5, 0.6) is 5.88 Å². The van der Waals surface area contributed by atoms with Crippen LogP contribution in [-0.4, -0.2) is 17.1 Å². The van der Waals surface area contributed by atoms with Gasteiger partial charge in [-0.15, -0.1) is 0 Å². The summed E-state index contributed by atoms with van der Waals surface area (Å²) in [5.74, 6) is 1.70. The molecule has 1 saturated carbocycles. The third-order valence-corrected chi connectivity index (χ3v) is 4.22. The zero-order valence-corrected chi connectivity index (χ0v) is 14.3. The van der Waals surface area contributed by atoms with Crippen LogP contribution in [0.4, 0.5) is 0 Å². The summed E-state index contributed by atoms with van der Waals surface area (Å²) in [5.41, 5.74) is 3.59. The monoisotopic (exact) mass is 290 g/mol. The molecule has 0 atom stereocenters. The van der Waals surface area contributed by atoms with Gasteiger partial charge in [-0.2, -0.15) is 0 Å². The first-order valence-electron chi connectivity index (χ1n) is 8.20. The van der Waals surface area contributed by atoms with Gasteiger partial charge in [0.15, 0.2) is 0 Å². The lowest BCUT2D eigenvalue weighted by Crippen LogP contribution is -2.35. The van der Waals surface area contributed by atoms with Gasteiger partial charge in [0.2, 0.25) is 5.88 Å². The molecular formula is C18H30N2O. The van der Waals surface area contributed by atoms with Crippen molar-refractivity contribution in [1.29, 1.82) is 0 Å². The largest absolute Gasteiger partial charge is 0.477 e. The minimum atomic E-state index is 0.0977. The maximum Gasteiger partial charge on any atom is 0.218 e. The molecule has 0 spiro atoms. The Morgan fingerprint density at radius 2 is 2.00 bits per heavy atom. The van der Waals surface area contributed by atoms with E-state index in [1.807, 2.05) is 6.92 Å². The van der Waals surface area contributed by atoms with E-state index in [-0.39, 0.29) is 5.54 Å². The molecule has 1 heterocycles. The normalized spacial score (nSPS) is 15.9. The van der Waals surface area contributed by atoms with E-state index in [4.69, 9.17) is 4.74 Å². The molecule has 21 heavy (non-hydrogen) atoms. The zero-order chi connectivity index (χ0) is 15.5. The zero-order valence-electron chi connectivity index (χ0n) is 14.3. The summed E-state index contributed by atoms with van der Waals surface area (Å²) in [4.78, 5) is 4.61. The van der Waals surface area contributed by atoms with Crippen LogP contribution in [0.15, 0.2) is 6.07 Å². The van der Waals surface area contributed by atoms with Crippen molar-refractivity contribution in [2.45, 2.75) is 72.4 Å². The summed E-state index contributed by atoms with van der Waals surface area (Å²) in [6.45, 7) is 12.3. The molecule has 1 aliphatic carbocycles. The molecule has 1 aromatic rings. The fourth-order valence-corrected chi connectivity index (χ4v) is 2.62. The number of rotatable bonds is 6. The predicted molar refractivity (Wildman–Crippen MR) is 87.8 cm³/mol. The van der Waals surface area contributed by atoms with E-state index in [9.17, 15) is 0 Å². The van der Waals surface area contributed by atoms with Gasteiger partial charge in [-0.25, -0.2) is 4.98 Å². The standard InChI is InChI=1S/C18H30N2O/c1-13-11-14(2)20-17(16(13)12-19-18(3,4)5)21-10-9-15-7-6-8-15/h11,15,19H,6-10,12H2,1-5H3. The van der Waals surface area contributed by atoms with Crippen LogP contribution in [0, 0.1) is 19.8 Å². The summed E-state index contributed by atoms with van der Waals surface area (Å²) >= 11 is 0. The third-order valence-electron chi connectivity index (χ3n) is 4.22. The lowest BCUT2D eigenvalue weighted by atomic mass is 9.83. The number of nitrogens with zero attached hydrogens (tertiary/aromatic N) is 1. The lowest BCUT2D eigenvalue weighted by Gasteiger charge is -2.25. The van der Waals surface area contributed by atoms with Crippen LogP contribution >= 0.6 is 0 Å². The highest BCUT2D eigenvalue weighted by atomic mass is 16.5. The Balaban J connectivity index is 2.01. The van der Waals surface area contributed by atoms with E-state index < -0.39 is 0 Å². The smallest absolute Gasteiger partial charge is 0.218 e. The quantitative estimate of drug-likeness (QED) is 0.854. The molecule has 3 nitrogen and oxygen atoms in total. The Bertz CT molecular complexity index is 473. The maximum absolute atomic E-state index is 6.02. The summed E-state index contributed by atoms with van der Waals surface area (Å²) in [5, 5.41) is 3.54. The topological polar surface area (TPSA) is 34.1 Å². The fraction of sp³-hybridized carbons (Fsp3) is 0.722. The van der Waals surface area contributed by atoms with Gasteiger partial charge in [-0.1, -0.05) is 19.3 Å².